The Kier molecular flexibility index (Phi) is 4.96. The second-order valence-corrected chi connectivity index (χ2v) is 7.70. The molecular weight excluding hydrogens is 379 g/mol. The standard InChI is InChI=1S/C19H19FN6OS/c1-2-13-9-17(27)26-19(23-13)28-18(24-26)22-14-4-3-7-25(11-14)16-6-5-12(10-21)8-15(16)20/h5-6,8-9,14H,2-4,7,11H2,1H3,(H,22,24). The molecule has 0 saturated carbocycles. The van der Waals surface area contributed by atoms with E-state index in [1.54, 1.807) is 12.1 Å². The van der Waals surface area contributed by atoms with Crippen molar-refractivity contribution < 1.29 is 4.39 Å². The zero-order valence-corrected chi connectivity index (χ0v) is 16.2. The molecule has 7 nitrogen and oxygen atoms in total. The van der Waals surface area contributed by atoms with Gasteiger partial charge in [0.1, 0.15) is 5.82 Å². The molecule has 1 fully saturated rings. The number of anilines is 2. The molecule has 0 aliphatic carbocycles. The van der Waals surface area contributed by atoms with E-state index in [2.05, 4.69) is 15.4 Å². The van der Waals surface area contributed by atoms with Gasteiger partial charge in [0, 0.05) is 30.9 Å². The number of benzene rings is 1. The van der Waals surface area contributed by atoms with Crippen LogP contribution >= 0.6 is 11.3 Å². The summed E-state index contributed by atoms with van der Waals surface area (Å²) < 4.78 is 15.7. The monoisotopic (exact) mass is 398 g/mol. The highest BCUT2D eigenvalue weighted by Crippen LogP contribution is 2.26. The molecule has 0 radical (unpaired) electrons. The van der Waals surface area contributed by atoms with Gasteiger partial charge in [-0.3, -0.25) is 4.79 Å². The largest absolute Gasteiger partial charge is 0.367 e. The van der Waals surface area contributed by atoms with Gasteiger partial charge in [-0.1, -0.05) is 18.3 Å². The molecule has 0 bridgehead atoms. The van der Waals surface area contributed by atoms with E-state index in [1.807, 2.05) is 17.9 Å². The SMILES string of the molecule is CCc1cc(=O)n2nc(NC3CCCN(c4ccc(C#N)cc4F)C3)sc2n1. The van der Waals surface area contributed by atoms with Gasteiger partial charge in [0.05, 0.1) is 17.3 Å². The first kappa shape index (κ1) is 18.4. The number of aromatic nitrogens is 3. The summed E-state index contributed by atoms with van der Waals surface area (Å²) in [6.07, 6.45) is 2.52. The van der Waals surface area contributed by atoms with Gasteiger partial charge in [-0.15, -0.1) is 5.10 Å². The van der Waals surface area contributed by atoms with Gasteiger partial charge in [0.2, 0.25) is 10.1 Å². The second-order valence-electron chi connectivity index (χ2n) is 6.75. The summed E-state index contributed by atoms with van der Waals surface area (Å²) in [5.74, 6) is -0.387. The molecule has 28 heavy (non-hydrogen) atoms. The lowest BCUT2D eigenvalue weighted by atomic mass is 10.0. The Hall–Kier alpha value is -2.99. The van der Waals surface area contributed by atoms with Crippen LogP contribution in [0.4, 0.5) is 15.2 Å². The Balaban J connectivity index is 1.53. The second kappa shape index (κ2) is 7.56. The highest BCUT2D eigenvalue weighted by molar-refractivity contribution is 7.20. The van der Waals surface area contributed by atoms with E-state index in [1.165, 1.54) is 28.0 Å². The first-order valence-corrected chi connectivity index (χ1v) is 10.00. The Bertz CT molecular complexity index is 1120. The molecule has 3 aromatic rings. The minimum atomic E-state index is -0.387. The number of halogens is 1. The van der Waals surface area contributed by atoms with Crippen LogP contribution in [0.2, 0.25) is 0 Å². The predicted molar refractivity (Wildman–Crippen MR) is 106 cm³/mol. The highest BCUT2D eigenvalue weighted by atomic mass is 32.1. The number of nitriles is 1. The maximum Gasteiger partial charge on any atom is 0.275 e. The summed E-state index contributed by atoms with van der Waals surface area (Å²) in [5, 5.41) is 17.2. The number of piperidine rings is 1. The first-order chi connectivity index (χ1) is 13.6. The lowest BCUT2D eigenvalue weighted by Gasteiger charge is -2.34. The lowest BCUT2D eigenvalue weighted by molar-refractivity contribution is 0.518. The Labute approximate surface area is 165 Å². The molecule has 1 saturated heterocycles. The number of rotatable bonds is 4. The summed E-state index contributed by atoms with van der Waals surface area (Å²) >= 11 is 1.34. The average molecular weight is 398 g/mol. The van der Waals surface area contributed by atoms with Crippen LogP contribution in [-0.2, 0) is 6.42 Å². The molecule has 0 spiro atoms. The maximum atomic E-state index is 14.4. The predicted octanol–water partition coefficient (Wildman–Crippen LogP) is 2.81. The summed E-state index contributed by atoms with van der Waals surface area (Å²) in [6, 6.07) is 8.09. The van der Waals surface area contributed by atoms with Gasteiger partial charge in [-0.2, -0.15) is 9.78 Å². The third kappa shape index (κ3) is 3.55. The van der Waals surface area contributed by atoms with Gasteiger partial charge in [-0.25, -0.2) is 9.37 Å². The Morgan fingerprint density at radius 2 is 2.29 bits per heavy atom. The third-order valence-corrected chi connectivity index (χ3v) is 5.67. The topological polar surface area (TPSA) is 86.3 Å². The minimum Gasteiger partial charge on any atom is -0.367 e. The Morgan fingerprint density at radius 1 is 1.43 bits per heavy atom. The molecule has 4 rings (SSSR count). The maximum absolute atomic E-state index is 14.4. The quantitative estimate of drug-likeness (QED) is 0.727. The zero-order chi connectivity index (χ0) is 19.7. The van der Waals surface area contributed by atoms with Gasteiger partial charge in [0.15, 0.2) is 0 Å². The van der Waals surface area contributed by atoms with Crippen molar-refractivity contribution in [2.75, 3.05) is 23.3 Å². The molecule has 144 valence electrons. The number of hydrogen-bond acceptors (Lipinski definition) is 7. The number of nitrogens with zero attached hydrogens (tertiary/aromatic N) is 5. The summed E-state index contributed by atoms with van der Waals surface area (Å²) in [4.78, 5) is 19.2. The molecule has 1 atom stereocenters. The molecule has 1 aromatic carbocycles. The van der Waals surface area contributed by atoms with Crippen molar-refractivity contribution in [1.82, 2.24) is 14.6 Å². The Morgan fingerprint density at radius 3 is 3.04 bits per heavy atom. The van der Waals surface area contributed by atoms with Crippen LogP contribution in [-0.4, -0.2) is 33.7 Å². The van der Waals surface area contributed by atoms with E-state index in [0.29, 0.717) is 34.3 Å². The van der Waals surface area contributed by atoms with Crippen LogP contribution in [0.1, 0.15) is 31.0 Å². The fourth-order valence-corrected chi connectivity index (χ4v) is 4.32. The normalized spacial score (nSPS) is 16.9. The fraction of sp³-hybridized carbons (Fsp3) is 0.368. The van der Waals surface area contributed by atoms with Crippen LogP contribution in [0, 0.1) is 17.1 Å². The molecule has 1 aliphatic rings. The van der Waals surface area contributed by atoms with Gasteiger partial charge < -0.3 is 10.2 Å². The van der Waals surface area contributed by atoms with Crippen LogP contribution in [0.3, 0.4) is 0 Å². The van der Waals surface area contributed by atoms with E-state index >= 15 is 0 Å². The van der Waals surface area contributed by atoms with E-state index in [9.17, 15) is 9.18 Å². The van der Waals surface area contributed by atoms with Crippen molar-refractivity contribution in [1.29, 1.82) is 5.26 Å². The molecular formula is C19H19FN6OS. The van der Waals surface area contributed by atoms with Crippen molar-refractivity contribution in [2.45, 2.75) is 32.2 Å². The smallest absolute Gasteiger partial charge is 0.275 e. The zero-order valence-electron chi connectivity index (χ0n) is 15.4. The molecule has 9 heteroatoms. The minimum absolute atomic E-state index is 0.0747. The molecule has 1 unspecified atom stereocenters. The average Bonchev–Trinajstić information content (AvgIpc) is 3.10. The van der Waals surface area contributed by atoms with E-state index in [-0.39, 0.29) is 17.4 Å². The number of nitrogens with one attached hydrogen (secondary N) is 1. The molecule has 1 N–H and O–H groups in total. The molecule has 0 amide bonds. The molecule has 3 heterocycles. The molecule has 2 aromatic heterocycles. The van der Waals surface area contributed by atoms with E-state index in [0.717, 1.165) is 25.1 Å². The van der Waals surface area contributed by atoms with Crippen molar-refractivity contribution >= 4 is 27.1 Å². The lowest BCUT2D eigenvalue weighted by Crippen LogP contribution is -2.42. The van der Waals surface area contributed by atoms with Crippen LogP contribution in [0.15, 0.2) is 29.1 Å². The van der Waals surface area contributed by atoms with E-state index < -0.39 is 0 Å². The fourth-order valence-electron chi connectivity index (χ4n) is 3.42. The number of hydrogen-bond donors (Lipinski definition) is 1. The van der Waals surface area contributed by atoms with Crippen molar-refractivity contribution in [3.8, 4) is 6.07 Å². The third-order valence-electron chi connectivity index (χ3n) is 4.83. The number of aryl methyl sites for hydroxylation is 1. The summed E-state index contributed by atoms with van der Waals surface area (Å²) in [6.45, 7) is 3.32. The summed E-state index contributed by atoms with van der Waals surface area (Å²) in [7, 11) is 0. The summed E-state index contributed by atoms with van der Waals surface area (Å²) in [5.41, 5.74) is 1.38. The highest BCUT2D eigenvalue weighted by Gasteiger charge is 2.23. The van der Waals surface area contributed by atoms with E-state index in [4.69, 9.17) is 5.26 Å². The molecule has 1 aliphatic heterocycles. The van der Waals surface area contributed by atoms with Crippen LogP contribution < -0.4 is 15.8 Å². The van der Waals surface area contributed by atoms with Crippen molar-refractivity contribution in [3.05, 3.63) is 51.7 Å². The van der Waals surface area contributed by atoms with Crippen LogP contribution in [0.5, 0.6) is 0 Å². The van der Waals surface area contributed by atoms with Crippen molar-refractivity contribution in [3.63, 3.8) is 0 Å². The van der Waals surface area contributed by atoms with Gasteiger partial charge in [0.25, 0.3) is 5.56 Å². The first-order valence-electron chi connectivity index (χ1n) is 9.18. The van der Waals surface area contributed by atoms with Gasteiger partial charge in [-0.05, 0) is 37.5 Å². The van der Waals surface area contributed by atoms with Crippen molar-refractivity contribution in [2.24, 2.45) is 0 Å². The van der Waals surface area contributed by atoms with Crippen LogP contribution in [0.25, 0.3) is 4.96 Å². The number of fused-ring (bicyclic) bond motifs is 1. The van der Waals surface area contributed by atoms with Gasteiger partial charge >= 0.3 is 0 Å².